The van der Waals surface area contributed by atoms with E-state index in [1.807, 2.05) is 72.8 Å². The highest BCUT2D eigenvalue weighted by atomic mass is 16.6. The summed E-state index contributed by atoms with van der Waals surface area (Å²) in [5.41, 5.74) is 5.16. The van der Waals surface area contributed by atoms with Gasteiger partial charge < -0.3 is 14.8 Å². The minimum atomic E-state index is -1.06. The van der Waals surface area contributed by atoms with Crippen LogP contribution in [0.5, 0.6) is 11.5 Å². The van der Waals surface area contributed by atoms with E-state index in [1.165, 1.54) is 18.4 Å². The number of benzene rings is 4. The summed E-state index contributed by atoms with van der Waals surface area (Å²) in [5.74, 6) is 1.13. The number of nitrogens with one attached hydrogen (secondary N) is 1. The van der Waals surface area contributed by atoms with Gasteiger partial charge >= 0.3 is 5.97 Å². The minimum absolute atomic E-state index is 0.313. The predicted molar refractivity (Wildman–Crippen MR) is 139 cm³/mol. The molecule has 1 atom stereocenters. The van der Waals surface area contributed by atoms with E-state index in [0.29, 0.717) is 11.3 Å². The highest BCUT2D eigenvalue weighted by Crippen LogP contribution is 2.56. The van der Waals surface area contributed by atoms with E-state index in [4.69, 9.17) is 9.47 Å². The number of likely N-dealkylation sites (tertiary alicyclic amines) is 1. The highest BCUT2D eigenvalue weighted by molar-refractivity contribution is 5.97. The second-order valence-corrected chi connectivity index (χ2v) is 9.73. The van der Waals surface area contributed by atoms with Gasteiger partial charge in [0.15, 0.2) is 5.60 Å². The van der Waals surface area contributed by atoms with E-state index < -0.39 is 5.60 Å². The van der Waals surface area contributed by atoms with E-state index in [9.17, 15) is 4.79 Å². The molecule has 5 heteroatoms. The zero-order valence-electron chi connectivity index (χ0n) is 19.9. The van der Waals surface area contributed by atoms with Gasteiger partial charge in [-0.05, 0) is 74.0 Å². The molecule has 4 aromatic rings. The van der Waals surface area contributed by atoms with Crippen LogP contribution in [-0.4, -0.2) is 24.0 Å². The Balaban J connectivity index is 1.38. The lowest BCUT2D eigenvalue weighted by Gasteiger charge is -2.37. The molecule has 3 aliphatic heterocycles. The number of rotatable bonds is 4. The summed E-state index contributed by atoms with van der Waals surface area (Å²) in [6.07, 6.45) is 2.51. The summed E-state index contributed by atoms with van der Waals surface area (Å²) >= 11 is 0. The van der Waals surface area contributed by atoms with Gasteiger partial charge in [-0.2, -0.15) is 0 Å². The minimum Gasteiger partial charge on any atom is -0.456 e. The standard InChI is InChI=1S/C31H26N2O3/c34-30-24-10-4-5-11-25(24)31(36-30)26-14-12-21(20-33-16-6-7-17-33)18-29(26)35-28-15-13-23(19-27(28)31)32-22-8-2-1-3-9-22/h1-5,8-15,18-19,32H,6-7,16-17,20H2. The number of hydrogen-bond acceptors (Lipinski definition) is 5. The Bertz CT molecular complexity index is 1480. The van der Waals surface area contributed by atoms with Crippen molar-refractivity contribution >= 4 is 17.3 Å². The summed E-state index contributed by atoms with van der Waals surface area (Å²) in [4.78, 5) is 15.6. The highest BCUT2D eigenvalue weighted by Gasteiger charge is 2.53. The maximum absolute atomic E-state index is 13.1. The van der Waals surface area contributed by atoms with Crippen molar-refractivity contribution in [3.05, 3.63) is 119 Å². The predicted octanol–water partition coefficient (Wildman–Crippen LogP) is 6.59. The van der Waals surface area contributed by atoms with E-state index >= 15 is 0 Å². The molecule has 7 rings (SSSR count). The molecule has 0 aromatic heterocycles. The van der Waals surface area contributed by atoms with Crippen LogP contribution in [0.2, 0.25) is 0 Å². The van der Waals surface area contributed by atoms with Crippen molar-refractivity contribution < 1.29 is 14.3 Å². The summed E-state index contributed by atoms with van der Waals surface area (Å²) in [5, 5.41) is 3.47. The lowest BCUT2D eigenvalue weighted by Crippen LogP contribution is -2.33. The Morgan fingerprint density at radius 3 is 2.42 bits per heavy atom. The molecule has 3 heterocycles. The summed E-state index contributed by atoms with van der Waals surface area (Å²) in [7, 11) is 0. The second-order valence-electron chi connectivity index (χ2n) is 9.73. The van der Waals surface area contributed by atoms with Crippen LogP contribution >= 0.6 is 0 Å². The molecule has 0 bridgehead atoms. The first-order chi connectivity index (χ1) is 17.7. The van der Waals surface area contributed by atoms with Crippen LogP contribution in [-0.2, 0) is 16.9 Å². The SMILES string of the molecule is O=C1OC2(c3ccc(CN4CCCC4)cc3Oc3ccc(Nc4ccccc4)cc32)c2ccccc21. The molecule has 36 heavy (non-hydrogen) atoms. The fourth-order valence-corrected chi connectivity index (χ4v) is 5.78. The van der Waals surface area contributed by atoms with Crippen LogP contribution in [0.1, 0.15) is 45.5 Å². The average molecular weight is 475 g/mol. The van der Waals surface area contributed by atoms with E-state index in [2.05, 4.69) is 28.4 Å². The largest absolute Gasteiger partial charge is 0.456 e. The summed E-state index contributed by atoms with van der Waals surface area (Å²) < 4.78 is 12.8. The summed E-state index contributed by atoms with van der Waals surface area (Å²) in [6, 6.07) is 30.1. The first-order valence-corrected chi connectivity index (χ1v) is 12.5. The third kappa shape index (κ3) is 3.31. The lowest BCUT2D eigenvalue weighted by atomic mass is 9.77. The molecule has 4 aromatic carbocycles. The molecule has 0 radical (unpaired) electrons. The number of anilines is 2. The Labute approximate surface area is 210 Å². The first kappa shape index (κ1) is 21.2. The van der Waals surface area contributed by atoms with Gasteiger partial charge in [0.25, 0.3) is 0 Å². The number of para-hydroxylation sites is 1. The molecule has 0 saturated carbocycles. The summed E-state index contributed by atoms with van der Waals surface area (Å²) in [6.45, 7) is 3.16. The van der Waals surface area contributed by atoms with Gasteiger partial charge in [-0.3, -0.25) is 4.90 Å². The maximum Gasteiger partial charge on any atom is 0.340 e. The van der Waals surface area contributed by atoms with Crippen molar-refractivity contribution in [2.24, 2.45) is 0 Å². The molecule has 1 N–H and O–H groups in total. The molecule has 1 fully saturated rings. The van der Waals surface area contributed by atoms with Crippen molar-refractivity contribution in [3.63, 3.8) is 0 Å². The molecule has 1 unspecified atom stereocenters. The van der Waals surface area contributed by atoms with E-state index in [0.717, 1.165) is 53.4 Å². The Hall–Kier alpha value is -4.09. The fourth-order valence-electron chi connectivity index (χ4n) is 5.78. The third-order valence-corrected chi connectivity index (χ3v) is 7.44. The maximum atomic E-state index is 13.1. The molecular formula is C31H26N2O3. The van der Waals surface area contributed by atoms with E-state index in [-0.39, 0.29) is 5.97 Å². The number of carbonyl (C=O) groups is 1. The molecular weight excluding hydrogens is 448 g/mol. The molecule has 0 aliphatic carbocycles. The van der Waals surface area contributed by atoms with Crippen LogP contribution < -0.4 is 10.1 Å². The second kappa shape index (κ2) is 8.25. The Morgan fingerprint density at radius 2 is 1.56 bits per heavy atom. The number of hydrogen-bond donors (Lipinski definition) is 1. The van der Waals surface area contributed by atoms with Crippen LogP contribution in [0.25, 0.3) is 0 Å². The van der Waals surface area contributed by atoms with Gasteiger partial charge in [-0.15, -0.1) is 0 Å². The van der Waals surface area contributed by atoms with Crippen molar-refractivity contribution in [3.8, 4) is 11.5 Å². The molecule has 5 nitrogen and oxygen atoms in total. The van der Waals surface area contributed by atoms with Crippen molar-refractivity contribution in [1.29, 1.82) is 0 Å². The molecule has 3 aliphatic rings. The molecule has 1 saturated heterocycles. The van der Waals surface area contributed by atoms with Gasteiger partial charge in [0.1, 0.15) is 11.5 Å². The van der Waals surface area contributed by atoms with Crippen molar-refractivity contribution in [2.45, 2.75) is 25.0 Å². The van der Waals surface area contributed by atoms with E-state index in [1.54, 1.807) is 0 Å². The van der Waals surface area contributed by atoms with Crippen molar-refractivity contribution in [2.75, 3.05) is 18.4 Å². The normalized spacial score (nSPS) is 19.8. The lowest BCUT2D eigenvalue weighted by molar-refractivity contribution is 0.0224. The molecule has 0 amide bonds. The molecule has 178 valence electrons. The number of carbonyl (C=O) groups excluding carboxylic acids is 1. The fraction of sp³-hybridized carbons (Fsp3) is 0.194. The van der Waals surface area contributed by atoms with Gasteiger partial charge in [0.2, 0.25) is 0 Å². The van der Waals surface area contributed by atoms with Crippen molar-refractivity contribution in [1.82, 2.24) is 4.90 Å². The van der Waals surface area contributed by atoms with Crippen LogP contribution in [0.15, 0.2) is 91.0 Å². The number of nitrogens with zero attached hydrogens (tertiary/aromatic N) is 1. The quantitative estimate of drug-likeness (QED) is 0.338. The average Bonchev–Trinajstić information content (AvgIpc) is 3.52. The van der Waals surface area contributed by atoms with Gasteiger partial charge in [0.05, 0.1) is 5.56 Å². The topological polar surface area (TPSA) is 50.8 Å². The number of esters is 1. The zero-order chi connectivity index (χ0) is 24.1. The number of fused-ring (bicyclic) bond motifs is 6. The van der Waals surface area contributed by atoms with Crippen LogP contribution in [0.3, 0.4) is 0 Å². The van der Waals surface area contributed by atoms with Crippen LogP contribution in [0.4, 0.5) is 11.4 Å². The number of ether oxygens (including phenoxy) is 2. The van der Waals surface area contributed by atoms with Gasteiger partial charge in [-0.25, -0.2) is 4.79 Å². The van der Waals surface area contributed by atoms with Gasteiger partial charge in [0, 0.05) is 34.6 Å². The first-order valence-electron chi connectivity index (χ1n) is 12.5. The third-order valence-electron chi connectivity index (χ3n) is 7.44. The zero-order valence-corrected chi connectivity index (χ0v) is 19.9. The monoisotopic (exact) mass is 474 g/mol. The Morgan fingerprint density at radius 1 is 0.750 bits per heavy atom. The van der Waals surface area contributed by atoms with Gasteiger partial charge in [-0.1, -0.05) is 48.5 Å². The Kier molecular flexibility index (Phi) is 4.86. The smallest absolute Gasteiger partial charge is 0.340 e. The van der Waals surface area contributed by atoms with Crippen LogP contribution in [0, 0.1) is 0 Å². The molecule has 1 spiro atoms.